The molecule has 2 aromatic rings. The number of hydrogen-bond acceptors (Lipinski definition) is 8. The number of amides is 3. The number of fused-ring (bicyclic) bond motifs is 1. The van der Waals surface area contributed by atoms with E-state index in [1.165, 1.54) is 23.6 Å². The third-order valence-corrected chi connectivity index (χ3v) is 5.97. The summed E-state index contributed by atoms with van der Waals surface area (Å²) in [4.78, 5) is 51.9. The number of primary amides is 1. The second kappa shape index (κ2) is 8.48. The number of nitrogens with two attached hydrogens (primary N) is 1. The van der Waals surface area contributed by atoms with Crippen LogP contribution in [0.3, 0.4) is 0 Å². The predicted molar refractivity (Wildman–Crippen MR) is 105 cm³/mol. The molecule has 1 aliphatic carbocycles. The number of hydrogen-bond donors (Lipinski definition) is 3. The standard InChI is InChI=1S/C17H18N4O5S2/c1-8(22)19-17-20-10(7-27-17)16(25)26-6-12(23)21-15-13(14(18)24)9-4-2-3-5-11(9)28-15/h7H,2-6H2,1H3,(H2,18,24)(H,21,23)(H,19,20,22). The summed E-state index contributed by atoms with van der Waals surface area (Å²) >= 11 is 2.40. The van der Waals surface area contributed by atoms with Crippen LogP contribution in [-0.4, -0.2) is 35.3 Å². The minimum atomic E-state index is -0.788. The van der Waals surface area contributed by atoms with Gasteiger partial charge in [-0.25, -0.2) is 9.78 Å². The molecular formula is C17H18N4O5S2. The normalized spacial score (nSPS) is 12.8. The van der Waals surface area contributed by atoms with Crippen molar-refractivity contribution < 1.29 is 23.9 Å². The number of rotatable bonds is 6. The Morgan fingerprint density at radius 1 is 1.21 bits per heavy atom. The van der Waals surface area contributed by atoms with Crippen LogP contribution in [0.1, 0.15) is 51.1 Å². The lowest BCUT2D eigenvalue weighted by Gasteiger charge is -2.11. The van der Waals surface area contributed by atoms with Crippen LogP contribution in [0.2, 0.25) is 0 Å². The first-order valence-corrected chi connectivity index (χ1v) is 10.2. The Balaban J connectivity index is 1.61. The number of ether oxygens (including phenoxy) is 1. The third kappa shape index (κ3) is 4.54. The third-order valence-electron chi connectivity index (χ3n) is 4.00. The topological polar surface area (TPSA) is 140 Å². The highest BCUT2D eigenvalue weighted by Gasteiger charge is 2.25. The molecule has 0 spiro atoms. The first-order chi connectivity index (χ1) is 13.3. The summed E-state index contributed by atoms with van der Waals surface area (Å²) in [5.74, 6) is -2.26. The second-order valence-corrected chi connectivity index (χ2v) is 8.09. The number of nitrogens with one attached hydrogen (secondary N) is 2. The summed E-state index contributed by atoms with van der Waals surface area (Å²) in [6, 6.07) is 0. The van der Waals surface area contributed by atoms with Crippen molar-refractivity contribution in [1.82, 2.24) is 4.98 Å². The number of thiazole rings is 1. The van der Waals surface area contributed by atoms with Crippen molar-refractivity contribution in [1.29, 1.82) is 0 Å². The Labute approximate surface area is 168 Å². The SMILES string of the molecule is CC(=O)Nc1nc(C(=O)OCC(=O)Nc2sc3c(c2C(N)=O)CCCC3)cs1. The van der Waals surface area contributed by atoms with Gasteiger partial charge in [-0.15, -0.1) is 22.7 Å². The summed E-state index contributed by atoms with van der Waals surface area (Å²) in [5, 5.41) is 7.15. The Hall–Kier alpha value is -2.79. The van der Waals surface area contributed by atoms with Gasteiger partial charge in [-0.3, -0.25) is 14.4 Å². The number of nitrogens with zero attached hydrogens (tertiary/aromatic N) is 1. The zero-order valence-electron chi connectivity index (χ0n) is 15.0. The van der Waals surface area contributed by atoms with E-state index < -0.39 is 24.4 Å². The molecule has 1 aliphatic rings. The fraction of sp³-hybridized carbons (Fsp3) is 0.353. The minimum absolute atomic E-state index is 0.00837. The van der Waals surface area contributed by atoms with Crippen molar-refractivity contribution in [2.45, 2.75) is 32.6 Å². The van der Waals surface area contributed by atoms with E-state index in [1.54, 1.807) is 0 Å². The Morgan fingerprint density at radius 3 is 2.68 bits per heavy atom. The Kier molecular flexibility index (Phi) is 6.05. The van der Waals surface area contributed by atoms with E-state index >= 15 is 0 Å². The molecule has 2 aromatic heterocycles. The summed E-state index contributed by atoms with van der Waals surface area (Å²) in [7, 11) is 0. The van der Waals surface area contributed by atoms with Crippen molar-refractivity contribution in [2.24, 2.45) is 5.73 Å². The van der Waals surface area contributed by atoms with Crippen LogP contribution in [0.15, 0.2) is 5.38 Å². The van der Waals surface area contributed by atoms with Gasteiger partial charge in [0.25, 0.3) is 11.8 Å². The predicted octanol–water partition coefficient (Wildman–Crippen LogP) is 1.94. The number of esters is 1. The number of anilines is 2. The van der Waals surface area contributed by atoms with E-state index in [0.717, 1.165) is 47.5 Å². The number of carbonyl (C=O) groups is 4. The van der Waals surface area contributed by atoms with E-state index in [2.05, 4.69) is 15.6 Å². The molecular weight excluding hydrogens is 404 g/mol. The molecule has 148 valence electrons. The van der Waals surface area contributed by atoms with Crippen LogP contribution < -0.4 is 16.4 Å². The van der Waals surface area contributed by atoms with E-state index in [0.29, 0.717) is 10.6 Å². The molecule has 0 bridgehead atoms. The molecule has 0 unspecified atom stereocenters. The van der Waals surface area contributed by atoms with Crippen LogP contribution in [0.25, 0.3) is 0 Å². The van der Waals surface area contributed by atoms with E-state index in [9.17, 15) is 19.2 Å². The van der Waals surface area contributed by atoms with Crippen LogP contribution in [-0.2, 0) is 27.2 Å². The van der Waals surface area contributed by atoms with Gasteiger partial charge in [0.15, 0.2) is 17.4 Å². The molecule has 2 heterocycles. The first kappa shape index (κ1) is 20.0. The number of aromatic nitrogens is 1. The van der Waals surface area contributed by atoms with Crippen molar-refractivity contribution >= 4 is 56.5 Å². The van der Waals surface area contributed by atoms with Gasteiger partial charge >= 0.3 is 5.97 Å². The van der Waals surface area contributed by atoms with Crippen molar-refractivity contribution in [3.05, 3.63) is 27.1 Å². The molecule has 0 fully saturated rings. The van der Waals surface area contributed by atoms with Gasteiger partial charge in [-0.2, -0.15) is 0 Å². The van der Waals surface area contributed by atoms with Crippen LogP contribution in [0, 0.1) is 0 Å². The molecule has 28 heavy (non-hydrogen) atoms. The zero-order chi connectivity index (χ0) is 20.3. The maximum atomic E-state index is 12.2. The first-order valence-electron chi connectivity index (χ1n) is 8.49. The Bertz CT molecular complexity index is 949. The number of aryl methyl sites for hydroxylation is 1. The molecule has 9 nitrogen and oxygen atoms in total. The van der Waals surface area contributed by atoms with Gasteiger partial charge in [0.05, 0.1) is 5.56 Å². The van der Waals surface area contributed by atoms with E-state index in [4.69, 9.17) is 10.5 Å². The van der Waals surface area contributed by atoms with E-state index in [-0.39, 0.29) is 16.7 Å². The lowest BCUT2D eigenvalue weighted by molar-refractivity contribution is -0.119. The van der Waals surface area contributed by atoms with Crippen molar-refractivity contribution in [3.63, 3.8) is 0 Å². The monoisotopic (exact) mass is 422 g/mol. The maximum Gasteiger partial charge on any atom is 0.358 e. The molecule has 0 aliphatic heterocycles. The van der Waals surface area contributed by atoms with Crippen LogP contribution in [0.4, 0.5) is 10.1 Å². The quantitative estimate of drug-likeness (QED) is 0.608. The molecule has 4 N–H and O–H groups in total. The fourth-order valence-corrected chi connectivity index (χ4v) is 4.89. The highest BCUT2D eigenvalue weighted by atomic mass is 32.1. The average molecular weight is 422 g/mol. The van der Waals surface area contributed by atoms with Gasteiger partial charge in [0.1, 0.15) is 5.00 Å². The summed E-state index contributed by atoms with van der Waals surface area (Å²) in [6.07, 6.45) is 3.62. The van der Waals surface area contributed by atoms with Crippen molar-refractivity contribution in [2.75, 3.05) is 17.2 Å². The minimum Gasteiger partial charge on any atom is -0.451 e. The van der Waals surface area contributed by atoms with Gasteiger partial charge in [0, 0.05) is 17.2 Å². The van der Waals surface area contributed by atoms with Gasteiger partial charge < -0.3 is 21.1 Å². The van der Waals surface area contributed by atoms with Gasteiger partial charge in [-0.05, 0) is 31.2 Å². The fourth-order valence-electron chi connectivity index (χ4n) is 2.86. The Morgan fingerprint density at radius 2 is 1.96 bits per heavy atom. The summed E-state index contributed by atoms with van der Waals surface area (Å²) in [6.45, 7) is 0.791. The van der Waals surface area contributed by atoms with Crippen LogP contribution >= 0.6 is 22.7 Å². The molecule has 0 saturated heterocycles. The summed E-state index contributed by atoms with van der Waals surface area (Å²) in [5.41, 5.74) is 6.73. The molecule has 0 aromatic carbocycles. The van der Waals surface area contributed by atoms with Gasteiger partial charge in [-0.1, -0.05) is 0 Å². The number of thiophene rings is 1. The molecule has 11 heteroatoms. The highest BCUT2D eigenvalue weighted by Crippen LogP contribution is 2.37. The highest BCUT2D eigenvalue weighted by molar-refractivity contribution is 7.17. The number of carbonyl (C=O) groups excluding carboxylic acids is 4. The smallest absolute Gasteiger partial charge is 0.358 e. The average Bonchev–Trinajstić information content (AvgIpc) is 3.23. The lowest BCUT2D eigenvalue weighted by Crippen LogP contribution is -2.23. The van der Waals surface area contributed by atoms with Gasteiger partial charge in [0.2, 0.25) is 5.91 Å². The van der Waals surface area contributed by atoms with Crippen molar-refractivity contribution in [3.8, 4) is 0 Å². The maximum absolute atomic E-state index is 12.2. The lowest BCUT2D eigenvalue weighted by atomic mass is 9.95. The largest absolute Gasteiger partial charge is 0.451 e. The molecule has 3 rings (SSSR count). The van der Waals surface area contributed by atoms with E-state index in [1.807, 2.05) is 0 Å². The molecule has 0 saturated carbocycles. The molecule has 0 atom stereocenters. The molecule has 3 amide bonds. The zero-order valence-corrected chi connectivity index (χ0v) is 16.6. The van der Waals surface area contributed by atoms with Crippen LogP contribution in [0.5, 0.6) is 0 Å². The molecule has 0 radical (unpaired) electrons. The summed E-state index contributed by atoms with van der Waals surface area (Å²) < 4.78 is 4.95. The second-order valence-electron chi connectivity index (χ2n) is 6.12.